The van der Waals surface area contributed by atoms with E-state index in [4.69, 9.17) is 27.9 Å². The quantitative estimate of drug-likeness (QED) is 0.510. The van der Waals surface area contributed by atoms with Gasteiger partial charge >= 0.3 is 11.9 Å². The summed E-state index contributed by atoms with van der Waals surface area (Å²) in [6, 6.07) is 4.36. The smallest absolute Gasteiger partial charge is 0.328 e. The first-order chi connectivity index (χ1) is 8.87. The highest BCUT2D eigenvalue weighted by Gasteiger charge is 2.45. The average molecular weight is 305 g/mol. The molecule has 0 fully saturated rings. The van der Waals surface area contributed by atoms with Gasteiger partial charge in [-0.05, 0) is 31.0 Å². The largest absolute Gasteiger partial charge is 0.480 e. The molecule has 0 amide bonds. The summed E-state index contributed by atoms with van der Waals surface area (Å²) in [5.41, 5.74) is -1.55. The van der Waals surface area contributed by atoms with Crippen LogP contribution >= 0.6 is 23.2 Å². The van der Waals surface area contributed by atoms with Crippen molar-refractivity contribution in [1.82, 2.24) is 0 Å². The van der Waals surface area contributed by atoms with Gasteiger partial charge < -0.3 is 9.84 Å². The van der Waals surface area contributed by atoms with Gasteiger partial charge in [0.1, 0.15) is 5.75 Å². The van der Waals surface area contributed by atoms with Crippen molar-refractivity contribution in [3.8, 4) is 5.75 Å². The van der Waals surface area contributed by atoms with Gasteiger partial charge in [0.25, 0.3) is 0 Å². The number of carboxylic acids is 1. The van der Waals surface area contributed by atoms with Crippen LogP contribution in [0, 0.1) is 5.41 Å². The maximum Gasteiger partial charge on any atom is 0.328 e. The van der Waals surface area contributed by atoms with Gasteiger partial charge in [0.2, 0.25) is 0 Å². The Labute approximate surface area is 121 Å². The van der Waals surface area contributed by atoms with E-state index in [1.54, 1.807) is 13.8 Å². The lowest BCUT2D eigenvalue weighted by Gasteiger charge is -2.24. The molecule has 0 spiro atoms. The van der Waals surface area contributed by atoms with Crippen LogP contribution in [0.15, 0.2) is 18.2 Å². The normalized spacial score (nSPS) is 11.2. The molecule has 19 heavy (non-hydrogen) atoms. The second-order valence-corrected chi connectivity index (χ2v) is 4.90. The molecule has 1 aromatic rings. The Balaban J connectivity index is 3.03. The highest BCUT2D eigenvalue weighted by Crippen LogP contribution is 2.33. The molecule has 0 heterocycles. The van der Waals surface area contributed by atoms with Crippen LogP contribution < -0.4 is 4.74 Å². The highest BCUT2D eigenvalue weighted by atomic mass is 35.5. The second kappa shape index (κ2) is 6.26. The second-order valence-electron chi connectivity index (χ2n) is 4.06. The summed E-state index contributed by atoms with van der Waals surface area (Å²) >= 11 is 11.6. The Bertz CT molecular complexity index is 495. The number of esters is 1. The summed E-state index contributed by atoms with van der Waals surface area (Å²) in [4.78, 5) is 23.4. The molecular formula is C13H14Cl2O4. The topological polar surface area (TPSA) is 63.6 Å². The van der Waals surface area contributed by atoms with E-state index in [1.807, 2.05) is 0 Å². The van der Waals surface area contributed by atoms with Crippen LogP contribution in [0.4, 0.5) is 0 Å². The fourth-order valence-electron chi connectivity index (χ4n) is 1.68. The van der Waals surface area contributed by atoms with Gasteiger partial charge in [-0.1, -0.05) is 37.0 Å². The van der Waals surface area contributed by atoms with Crippen LogP contribution in [-0.2, 0) is 9.59 Å². The van der Waals surface area contributed by atoms with Crippen molar-refractivity contribution in [2.75, 3.05) is 0 Å². The molecule has 1 N–H and O–H groups in total. The van der Waals surface area contributed by atoms with Crippen LogP contribution in [0.1, 0.15) is 26.7 Å². The summed E-state index contributed by atoms with van der Waals surface area (Å²) < 4.78 is 5.10. The molecule has 0 unspecified atom stereocenters. The van der Waals surface area contributed by atoms with Gasteiger partial charge in [0.15, 0.2) is 5.41 Å². The first-order valence-electron chi connectivity index (χ1n) is 5.78. The van der Waals surface area contributed by atoms with E-state index in [0.29, 0.717) is 5.02 Å². The van der Waals surface area contributed by atoms with E-state index in [1.165, 1.54) is 18.2 Å². The fourth-order valence-corrected chi connectivity index (χ4v) is 2.13. The Morgan fingerprint density at radius 2 is 1.84 bits per heavy atom. The van der Waals surface area contributed by atoms with Gasteiger partial charge in [0, 0.05) is 5.02 Å². The number of carbonyl (C=O) groups is 2. The molecule has 0 aliphatic carbocycles. The summed E-state index contributed by atoms with van der Waals surface area (Å²) in [5, 5.41) is 9.79. The van der Waals surface area contributed by atoms with Gasteiger partial charge in [0.05, 0.1) is 5.02 Å². The van der Waals surface area contributed by atoms with Gasteiger partial charge in [-0.2, -0.15) is 0 Å². The molecule has 0 bridgehead atoms. The number of halogens is 2. The molecule has 104 valence electrons. The molecular weight excluding hydrogens is 291 g/mol. The molecule has 0 saturated heterocycles. The van der Waals surface area contributed by atoms with Crippen LogP contribution in [-0.4, -0.2) is 17.0 Å². The summed E-state index contributed by atoms with van der Waals surface area (Å²) in [5.74, 6) is -1.93. The van der Waals surface area contributed by atoms with E-state index in [0.717, 1.165) is 0 Å². The number of aliphatic carboxylic acids is 1. The van der Waals surface area contributed by atoms with E-state index >= 15 is 0 Å². The third-order valence-electron chi connectivity index (χ3n) is 3.10. The molecule has 6 heteroatoms. The summed E-state index contributed by atoms with van der Waals surface area (Å²) in [7, 11) is 0. The third kappa shape index (κ3) is 3.19. The van der Waals surface area contributed by atoms with Crippen molar-refractivity contribution in [2.24, 2.45) is 5.41 Å². The Morgan fingerprint density at radius 3 is 2.26 bits per heavy atom. The van der Waals surface area contributed by atoms with Crippen LogP contribution in [0.2, 0.25) is 10.0 Å². The van der Waals surface area contributed by atoms with Crippen molar-refractivity contribution < 1.29 is 19.4 Å². The number of ether oxygens (including phenoxy) is 1. The zero-order valence-corrected chi connectivity index (χ0v) is 12.1. The number of carboxylic acid groups (broad SMARTS) is 1. The lowest BCUT2D eigenvalue weighted by atomic mass is 9.82. The summed E-state index contributed by atoms with van der Waals surface area (Å²) in [6.45, 7) is 3.25. The van der Waals surface area contributed by atoms with Crippen LogP contribution in [0.5, 0.6) is 5.75 Å². The molecule has 0 atom stereocenters. The van der Waals surface area contributed by atoms with Gasteiger partial charge in [-0.3, -0.25) is 9.59 Å². The fraction of sp³-hybridized carbons (Fsp3) is 0.385. The molecule has 0 radical (unpaired) electrons. The lowest BCUT2D eigenvalue weighted by Crippen LogP contribution is -2.41. The predicted molar refractivity (Wildman–Crippen MR) is 72.7 cm³/mol. The molecule has 0 aliphatic rings. The first kappa shape index (κ1) is 15.8. The standard InChI is InChI=1S/C13H14Cl2O4/c1-3-13(4-2,11(16)17)12(18)19-10-6-5-8(14)7-9(10)15/h5-7H,3-4H2,1-2H3,(H,16,17). The minimum Gasteiger partial charge on any atom is -0.480 e. The SMILES string of the molecule is CCC(CC)(C(=O)O)C(=O)Oc1ccc(Cl)cc1Cl. The van der Waals surface area contributed by atoms with Crippen LogP contribution in [0.25, 0.3) is 0 Å². The number of carbonyl (C=O) groups excluding carboxylic acids is 1. The minimum atomic E-state index is -1.55. The van der Waals surface area contributed by atoms with E-state index in [-0.39, 0.29) is 23.6 Å². The Kier molecular flexibility index (Phi) is 5.20. The van der Waals surface area contributed by atoms with Gasteiger partial charge in [-0.15, -0.1) is 0 Å². The molecule has 0 aromatic heterocycles. The van der Waals surface area contributed by atoms with E-state index < -0.39 is 17.4 Å². The van der Waals surface area contributed by atoms with Crippen molar-refractivity contribution in [3.63, 3.8) is 0 Å². The molecule has 1 aromatic carbocycles. The minimum absolute atomic E-state index is 0.101. The first-order valence-corrected chi connectivity index (χ1v) is 6.53. The number of hydrogen-bond acceptors (Lipinski definition) is 3. The third-order valence-corrected chi connectivity index (χ3v) is 3.63. The number of hydrogen-bond donors (Lipinski definition) is 1. The van der Waals surface area contributed by atoms with E-state index in [2.05, 4.69) is 0 Å². The average Bonchev–Trinajstić information content (AvgIpc) is 2.34. The molecule has 1 rings (SSSR count). The zero-order valence-electron chi connectivity index (χ0n) is 10.6. The van der Waals surface area contributed by atoms with Crippen LogP contribution in [0.3, 0.4) is 0 Å². The summed E-state index contributed by atoms with van der Waals surface area (Å²) in [6.07, 6.45) is 0.283. The van der Waals surface area contributed by atoms with Gasteiger partial charge in [-0.25, -0.2) is 0 Å². The monoisotopic (exact) mass is 304 g/mol. The lowest BCUT2D eigenvalue weighted by molar-refractivity contribution is -0.163. The Morgan fingerprint density at radius 1 is 1.26 bits per heavy atom. The van der Waals surface area contributed by atoms with Crippen molar-refractivity contribution in [3.05, 3.63) is 28.2 Å². The van der Waals surface area contributed by atoms with E-state index in [9.17, 15) is 14.7 Å². The molecule has 4 nitrogen and oxygen atoms in total. The van der Waals surface area contributed by atoms with Crippen molar-refractivity contribution >= 4 is 35.1 Å². The van der Waals surface area contributed by atoms with Crippen molar-refractivity contribution in [1.29, 1.82) is 0 Å². The predicted octanol–water partition coefficient (Wildman–Crippen LogP) is 3.79. The highest BCUT2D eigenvalue weighted by molar-refractivity contribution is 6.35. The number of rotatable bonds is 5. The van der Waals surface area contributed by atoms with Crippen molar-refractivity contribution in [2.45, 2.75) is 26.7 Å². The maximum atomic E-state index is 12.1. The zero-order chi connectivity index (χ0) is 14.6. The Hall–Kier alpha value is -1.26. The molecule has 0 saturated carbocycles. The maximum absolute atomic E-state index is 12.1. The molecule has 0 aliphatic heterocycles. The number of benzene rings is 1.